The van der Waals surface area contributed by atoms with Crippen LogP contribution in [-0.4, -0.2) is 81.2 Å². The van der Waals surface area contributed by atoms with Crippen LogP contribution in [0.3, 0.4) is 0 Å². The largest absolute Gasteiger partial charge is 0.508 e. The molecule has 0 unspecified atom stereocenters. The summed E-state index contributed by atoms with van der Waals surface area (Å²) in [6.07, 6.45) is -0.690. The number of hydrogen-bond donors (Lipinski definition) is 6. The number of nitrogens with zero attached hydrogens (tertiary/aromatic N) is 1. The summed E-state index contributed by atoms with van der Waals surface area (Å²) in [4.78, 5) is 52.7. The maximum absolute atomic E-state index is 13.8. The van der Waals surface area contributed by atoms with Crippen molar-refractivity contribution in [1.82, 2.24) is 4.90 Å². The number of aliphatic hydroxyl groups is 3. The summed E-state index contributed by atoms with van der Waals surface area (Å²) >= 11 is 0. The first-order valence-electron chi connectivity index (χ1n) is 12.4. The smallest absolute Gasteiger partial charge is 0.411 e. The molecule has 1 aromatic carbocycles. The molecule has 4 rings (SSSR count). The summed E-state index contributed by atoms with van der Waals surface area (Å²) in [5.41, 5.74) is 1.43. The normalized spacial score (nSPS) is 26.7. The van der Waals surface area contributed by atoms with Crippen LogP contribution in [0.1, 0.15) is 38.3 Å². The molecule has 0 saturated heterocycles. The molecule has 0 heterocycles. The molecule has 3 aliphatic carbocycles. The number of Topliss-reactive ketones (excluding diaryl/α,β-unsaturated/α-hetero) is 2. The average Bonchev–Trinajstić information content (AvgIpc) is 2.81. The Balaban J connectivity index is 1.79. The van der Waals surface area contributed by atoms with Crippen LogP contribution in [0.5, 0.6) is 5.75 Å². The van der Waals surface area contributed by atoms with Crippen LogP contribution >= 0.6 is 0 Å². The highest BCUT2D eigenvalue weighted by atomic mass is 16.5. The molecule has 0 aliphatic heterocycles. The van der Waals surface area contributed by atoms with Crippen LogP contribution in [0.4, 0.5) is 10.5 Å². The van der Waals surface area contributed by atoms with Crippen LogP contribution < -0.4 is 11.1 Å². The molecule has 12 nitrogen and oxygen atoms in total. The van der Waals surface area contributed by atoms with Gasteiger partial charge in [-0.2, -0.15) is 0 Å². The first kappa shape index (κ1) is 28.1. The van der Waals surface area contributed by atoms with E-state index in [1.807, 2.05) is 20.8 Å². The summed E-state index contributed by atoms with van der Waals surface area (Å²) in [6, 6.07) is 1.86. The number of likely N-dealkylation sites (N-methyl/N-ethyl adjacent to an activating group) is 1. The second-order valence-electron chi connectivity index (χ2n) is 11.7. The molecule has 0 spiro atoms. The summed E-state index contributed by atoms with van der Waals surface area (Å²) in [7, 11) is 3.07. The molecule has 2 amide bonds. The fourth-order valence-electron chi connectivity index (χ4n) is 5.75. The first-order chi connectivity index (χ1) is 18.0. The molecule has 0 aromatic heterocycles. The van der Waals surface area contributed by atoms with E-state index >= 15 is 0 Å². The highest BCUT2D eigenvalue weighted by Crippen LogP contribution is 2.53. The average molecular weight is 544 g/mol. The standard InChI is InChI=1S/C27H33N3O9/c1-26(2,3)10-39-25(37)29-14-7-6-11-8-12-9-13-18(30(4)5)21(33)17(24(28)36)23(35)27(13,38)22(34)16(12)20(32)15(11)19(14)31/h6-7,12-13,18,31-32,35,38H,8-10H2,1-5H3,(H2,28,36)(H,29,37)/t12-,13-,18-,27-/m0/s1. The molecule has 1 aromatic rings. The van der Waals surface area contributed by atoms with Gasteiger partial charge < -0.3 is 30.9 Å². The molecule has 1 fully saturated rings. The van der Waals surface area contributed by atoms with Crippen LogP contribution in [0.15, 0.2) is 29.0 Å². The van der Waals surface area contributed by atoms with Gasteiger partial charge >= 0.3 is 6.09 Å². The predicted molar refractivity (Wildman–Crippen MR) is 139 cm³/mol. The van der Waals surface area contributed by atoms with E-state index in [0.717, 1.165) is 0 Å². The minimum atomic E-state index is -2.72. The fourth-order valence-corrected chi connectivity index (χ4v) is 5.75. The molecule has 7 N–H and O–H groups in total. The van der Waals surface area contributed by atoms with Gasteiger partial charge in [0.1, 0.15) is 22.8 Å². The number of amides is 2. The minimum Gasteiger partial charge on any atom is -0.508 e. The lowest BCUT2D eigenvalue weighted by atomic mass is 9.57. The molecule has 39 heavy (non-hydrogen) atoms. The van der Waals surface area contributed by atoms with E-state index in [1.54, 1.807) is 6.07 Å². The van der Waals surface area contributed by atoms with E-state index in [9.17, 15) is 39.6 Å². The predicted octanol–water partition coefficient (Wildman–Crippen LogP) is 1.56. The van der Waals surface area contributed by atoms with E-state index in [4.69, 9.17) is 10.5 Å². The van der Waals surface area contributed by atoms with Crippen LogP contribution in [-0.2, 0) is 25.5 Å². The van der Waals surface area contributed by atoms with Gasteiger partial charge in [0, 0.05) is 11.5 Å². The third-order valence-corrected chi connectivity index (χ3v) is 7.47. The molecule has 12 heteroatoms. The van der Waals surface area contributed by atoms with E-state index in [0.29, 0.717) is 5.56 Å². The van der Waals surface area contributed by atoms with Crippen molar-refractivity contribution in [3.8, 4) is 5.75 Å². The number of ether oxygens (including phenoxy) is 1. The Morgan fingerprint density at radius 1 is 1.18 bits per heavy atom. The van der Waals surface area contributed by atoms with E-state index in [2.05, 4.69) is 5.32 Å². The molecule has 0 bridgehead atoms. The zero-order valence-electron chi connectivity index (χ0n) is 22.4. The SMILES string of the molecule is CN(C)[C@@H]1C(=O)C(C(N)=O)=C(O)[C@@]2(O)C(=O)C3=C(O)c4c(ccc(NC(=O)OCC(C)(C)C)c4O)C[C@H]3C[C@@H]12. The van der Waals surface area contributed by atoms with E-state index in [1.165, 1.54) is 25.1 Å². The number of carbonyl (C=O) groups excluding carboxylic acids is 4. The van der Waals surface area contributed by atoms with Crippen molar-refractivity contribution in [1.29, 1.82) is 0 Å². The summed E-state index contributed by atoms with van der Waals surface area (Å²) in [5.74, 6) is -7.36. The second-order valence-corrected chi connectivity index (χ2v) is 11.7. The number of hydrogen-bond acceptors (Lipinski definition) is 10. The Labute approximate surface area is 224 Å². The molecular formula is C27H33N3O9. The van der Waals surface area contributed by atoms with Crippen molar-refractivity contribution in [2.45, 2.75) is 45.3 Å². The lowest BCUT2D eigenvalue weighted by Gasteiger charge is -2.50. The number of nitrogens with two attached hydrogens (primary N) is 1. The summed E-state index contributed by atoms with van der Waals surface area (Å²) < 4.78 is 5.17. The highest BCUT2D eigenvalue weighted by Gasteiger charge is 2.64. The Morgan fingerprint density at radius 2 is 1.82 bits per heavy atom. The summed E-state index contributed by atoms with van der Waals surface area (Å²) in [6.45, 7) is 5.73. The third kappa shape index (κ3) is 4.43. The second kappa shape index (κ2) is 9.38. The van der Waals surface area contributed by atoms with Crippen molar-refractivity contribution in [2.75, 3.05) is 26.0 Å². The van der Waals surface area contributed by atoms with Crippen molar-refractivity contribution in [3.63, 3.8) is 0 Å². The number of phenolic OH excluding ortho intramolecular Hbond substituents is 1. The van der Waals surface area contributed by atoms with Gasteiger partial charge in [0.2, 0.25) is 5.78 Å². The topological polar surface area (TPSA) is 200 Å². The molecular weight excluding hydrogens is 510 g/mol. The van der Waals surface area contributed by atoms with Gasteiger partial charge in [-0.25, -0.2) is 4.79 Å². The van der Waals surface area contributed by atoms with Crippen molar-refractivity contribution in [3.05, 3.63) is 40.2 Å². The number of primary amides is 1. The van der Waals surface area contributed by atoms with E-state index < -0.39 is 69.9 Å². The zero-order valence-corrected chi connectivity index (χ0v) is 22.4. The molecule has 3 aliphatic rings. The fraction of sp³-hybridized carbons (Fsp3) is 0.481. The lowest BCUT2D eigenvalue weighted by Crippen LogP contribution is -2.65. The zero-order chi connectivity index (χ0) is 29.2. The van der Waals surface area contributed by atoms with Gasteiger partial charge in [-0.3, -0.25) is 24.6 Å². The van der Waals surface area contributed by atoms with Gasteiger partial charge in [-0.15, -0.1) is 0 Å². The number of benzene rings is 1. The van der Waals surface area contributed by atoms with Gasteiger partial charge in [-0.1, -0.05) is 26.8 Å². The maximum Gasteiger partial charge on any atom is 0.411 e. The van der Waals surface area contributed by atoms with Gasteiger partial charge in [-0.05, 0) is 49.9 Å². The first-order valence-corrected chi connectivity index (χ1v) is 12.4. The van der Waals surface area contributed by atoms with Crippen molar-refractivity contribution >= 4 is 35.0 Å². The number of nitrogens with one attached hydrogen (secondary N) is 1. The maximum atomic E-state index is 13.8. The van der Waals surface area contributed by atoms with Crippen molar-refractivity contribution in [2.24, 2.45) is 23.0 Å². The van der Waals surface area contributed by atoms with E-state index in [-0.39, 0.29) is 41.7 Å². The lowest BCUT2D eigenvalue weighted by molar-refractivity contribution is -0.153. The number of carbonyl (C=O) groups is 4. The number of rotatable bonds is 4. The van der Waals surface area contributed by atoms with Gasteiger partial charge in [0.25, 0.3) is 5.91 Å². The summed E-state index contributed by atoms with van der Waals surface area (Å²) in [5, 5.41) is 47.1. The Hall–Kier alpha value is -3.90. The number of fused-ring (bicyclic) bond motifs is 3. The minimum absolute atomic E-state index is 0.00828. The van der Waals surface area contributed by atoms with Crippen molar-refractivity contribution < 1.29 is 44.3 Å². The number of aromatic hydroxyl groups is 1. The molecule has 1 saturated carbocycles. The molecule has 210 valence electrons. The van der Waals surface area contributed by atoms with Crippen LogP contribution in [0, 0.1) is 17.3 Å². The Morgan fingerprint density at radius 3 is 2.38 bits per heavy atom. The van der Waals surface area contributed by atoms with Crippen LogP contribution in [0.25, 0.3) is 5.76 Å². The number of ketones is 2. The van der Waals surface area contributed by atoms with Gasteiger partial charge in [0.15, 0.2) is 11.4 Å². The molecule has 0 radical (unpaired) electrons. The third-order valence-electron chi connectivity index (χ3n) is 7.47. The molecule has 4 atom stereocenters. The quantitative estimate of drug-likeness (QED) is 0.239. The Bertz CT molecular complexity index is 1350. The number of phenols is 1. The number of aliphatic hydroxyl groups excluding tert-OH is 2. The monoisotopic (exact) mass is 543 g/mol. The highest BCUT2D eigenvalue weighted by molar-refractivity contribution is 6.24. The van der Waals surface area contributed by atoms with Gasteiger partial charge in [0.05, 0.1) is 23.9 Å². The Kier molecular flexibility index (Phi) is 6.76. The number of anilines is 1. The van der Waals surface area contributed by atoms with Crippen LogP contribution in [0.2, 0.25) is 0 Å².